The number of nitrogens with one attached hydrogen (secondary N) is 1. The number of piperazine rings is 1. The summed E-state index contributed by atoms with van der Waals surface area (Å²) in [6, 6.07) is 6.77. The lowest BCUT2D eigenvalue weighted by molar-refractivity contribution is -0.142. The van der Waals surface area contributed by atoms with E-state index in [1.807, 2.05) is 12.1 Å². The second-order valence-electron chi connectivity index (χ2n) is 9.79. The van der Waals surface area contributed by atoms with Gasteiger partial charge < -0.3 is 29.9 Å². The van der Waals surface area contributed by atoms with E-state index in [0.717, 1.165) is 44.7 Å². The number of hydrogen-bond donors (Lipinski definition) is 2. The number of nitrogens with zero attached hydrogens (tertiary/aromatic N) is 3. The Morgan fingerprint density at radius 1 is 1.09 bits per heavy atom. The first kappa shape index (κ1) is 22.3. The number of amides is 2. The Morgan fingerprint density at radius 3 is 2.42 bits per heavy atom. The van der Waals surface area contributed by atoms with Gasteiger partial charge in [0.05, 0.1) is 6.54 Å². The number of likely N-dealkylation sites (tertiary alicyclic amines) is 1. The minimum Gasteiger partial charge on any atom is -0.388 e. The van der Waals surface area contributed by atoms with Gasteiger partial charge in [-0.05, 0) is 44.2 Å². The molecule has 9 heteroatoms. The number of aliphatic hydroxyl groups is 1. The number of carbonyl (C=O) groups excluding carboxylic acids is 3. The summed E-state index contributed by atoms with van der Waals surface area (Å²) in [7, 11) is 2.11. The Balaban J connectivity index is 1.30. The Morgan fingerprint density at radius 2 is 1.76 bits per heavy atom. The SMILES string of the molecule is CN1CCN(c2ccc(C(=O)NC3(C(=O)N4C[C@H](O)[C@H]5OCC(=O)[C@H]54)CCCC3)cc2)CC1. The summed E-state index contributed by atoms with van der Waals surface area (Å²) in [6.45, 7) is 3.88. The van der Waals surface area contributed by atoms with Gasteiger partial charge in [0.1, 0.15) is 30.4 Å². The molecule has 1 saturated carbocycles. The third kappa shape index (κ3) is 4.02. The molecule has 9 nitrogen and oxygen atoms in total. The minimum absolute atomic E-state index is 0.0528. The van der Waals surface area contributed by atoms with Gasteiger partial charge in [-0.1, -0.05) is 12.8 Å². The van der Waals surface area contributed by atoms with Crippen LogP contribution >= 0.6 is 0 Å². The molecule has 1 aromatic rings. The lowest BCUT2D eigenvalue weighted by Gasteiger charge is -2.35. The molecule has 3 aliphatic heterocycles. The van der Waals surface area contributed by atoms with E-state index in [9.17, 15) is 19.5 Å². The van der Waals surface area contributed by atoms with Crippen LogP contribution in [0.1, 0.15) is 36.0 Å². The molecule has 5 rings (SSSR count). The van der Waals surface area contributed by atoms with E-state index < -0.39 is 23.8 Å². The first-order valence-electron chi connectivity index (χ1n) is 11.9. The molecule has 3 saturated heterocycles. The zero-order valence-corrected chi connectivity index (χ0v) is 19.0. The minimum atomic E-state index is -1.05. The molecule has 0 bridgehead atoms. The fourth-order valence-corrected chi connectivity index (χ4v) is 5.66. The molecule has 3 heterocycles. The third-order valence-corrected chi connectivity index (χ3v) is 7.64. The van der Waals surface area contributed by atoms with Crippen LogP contribution in [0.5, 0.6) is 0 Å². The van der Waals surface area contributed by atoms with E-state index in [-0.39, 0.29) is 30.7 Å². The highest BCUT2D eigenvalue weighted by Gasteiger charge is 2.56. The van der Waals surface area contributed by atoms with Gasteiger partial charge in [-0.3, -0.25) is 14.4 Å². The van der Waals surface area contributed by atoms with Gasteiger partial charge in [0.15, 0.2) is 5.78 Å². The summed E-state index contributed by atoms with van der Waals surface area (Å²) >= 11 is 0. The van der Waals surface area contributed by atoms with Crippen molar-refractivity contribution in [3.8, 4) is 0 Å². The van der Waals surface area contributed by atoms with Crippen LogP contribution < -0.4 is 10.2 Å². The van der Waals surface area contributed by atoms with Crippen LogP contribution in [0.15, 0.2) is 24.3 Å². The normalized spacial score (nSPS) is 29.4. The number of likely N-dealkylation sites (N-methyl/N-ethyl adjacent to an activating group) is 1. The number of hydrogen-bond acceptors (Lipinski definition) is 7. The molecular weight excluding hydrogens is 424 g/mol. The molecule has 4 fully saturated rings. The zero-order valence-electron chi connectivity index (χ0n) is 19.0. The molecule has 4 aliphatic rings. The van der Waals surface area contributed by atoms with E-state index in [2.05, 4.69) is 22.2 Å². The maximum Gasteiger partial charge on any atom is 0.252 e. The van der Waals surface area contributed by atoms with Gasteiger partial charge >= 0.3 is 0 Å². The van der Waals surface area contributed by atoms with Crippen molar-refractivity contribution in [1.29, 1.82) is 0 Å². The highest BCUT2D eigenvalue weighted by atomic mass is 16.5. The van der Waals surface area contributed by atoms with Crippen molar-refractivity contribution in [2.75, 3.05) is 51.3 Å². The summed E-state index contributed by atoms with van der Waals surface area (Å²) in [5.41, 5.74) is 0.541. The summed E-state index contributed by atoms with van der Waals surface area (Å²) in [5.74, 6) is -0.767. The molecule has 2 amide bonds. The number of benzene rings is 1. The average molecular weight is 457 g/mol. The van der Waals surface area contributed by atoms with Crippen molar-refractivity contribution in [2.24, 2.45) is 0 Å². The molecule has 3 atom stereocenters. The summed E-state index contributed by atoms with van der Waals surface area (Å²) in [6.07, 6.45) is 1.14. The number of rotatable bonds is 4. The molecule has 1 aromatic carbocycles. The van der Waals surface area contributed by atoms with E-state index in [0.29, 0.717) is 18.4 Å². The van der Waals surface area contributed by atoms with Crippen LogP contribution in [0.4, 0.5) is 5.69 Å². The number of ketones is 1. The zero-order chi connectivity index (χ0) is 23.2. The lowest BCUT2D eigenvalue weighted by Crippen LogP contribution is -2.60. The van der Waals surface area contributed by atoms with Gasteiger partial charge in [0.2, 0.25) is 5.91 Å². The van der Waals surface area contributed by atoms with Gasteiger partial charge in [-0.25, -0.2) is 0 Å². The summed E-state index contributed by atoms with van der Waals surface area (Å²) in [4.78, 5) is 45.2. The van der Waals surface area contributed by atoms with Crippen molar-refractivity contribution in [3.05, 3.63) is 29.8 Å². The van der Waals surface area contributed by atoms with Gasteiger partial charge in [0, 0.05) is 37.4 Å². The first-order valence-corrected chi connectivity index (χ1v) is 11.9. The first-order chi connectivity index (χ1) is 15.9. The largest absolute Gasteiger partial charge is 0.388 e. The molecule has 0 spiro atoms. The molecule has 0 aromatic heterocycles. The summed E-state index contributed by atoms with van der Waals surface area (Å²) < 4.78 is 5.41. The van der Waals surface area contributed by atoms with E-state index >= 15 is 0 Å². The van der Waals surface area contributed by atoms with Gasteiger partial charge in [-0.15, -0.1) is 0 Å². The van der Waals surface area contributed by atoms with Crippen molar-refractivity contribution >= 4 is 23.3 Å². The van der Waals surface area contributed by atoms with Crippen LogP contribution in [0, 0.1) is 0 Å². The second kappa shape index (κ2) is 8.70. The number of anilines is 1. The number of ether oxygens (including phenoxy) is 1. The molecule has 2 N–H and O–H groups in total. The van der Waals surface area contributed by atoms with Gasteiger partial charge in [0.25, 0.3) is 5.91 Å². The van der Waals surface area contributed by atoms with Crippen molar-refractivity contribution in [3.63, 3.8) is 0 Å². The van der Waals surface area contributed by atoms with Crippen LogP contribution in [0.2, 0.25) is 0 Å². The highest BCUT2D eigenvalue weighted by molar-refractivity contribution is 6.01. The predicted molar refractivity (Wildman–Crippen MR) is 121 cm³/mol. The maximum atomic E-state index is 13.6. The van der Waals surface area contributed by atoms with Crippen LogP contribution in [0.25, 0.3) is 0 Å². The Kier molecular flexibility index (Phi) is 5.88. The maximum absolute atomic E-state index is 13.6. The topological polar surface area (TPSA) is 102 Å². The predicted octanol–water partition coefficient (Wildman–Crippen LogP) is 0.0206. The molecular formula is C24H32N4O5. The van der Waals surface area contributed by atoms with Gasteiger partial charge in [-0.2, -0.15) is 0 Å². The molecule has 33 heavy (non-hydrogen) atoms. The molecule has 1 aliphatic carbocycles. The number of carbonyl (C=O) groups is 3. The number of aliphatic hydroxyl groups excluding tert-OH is 1. The monoisotopic (exact) mass is 456 g/mol. The van der Waals surface area contributed by atoms with E-state index in [4.69, 9.17) is 4.74 Å². The Bertz CT molecular complexity index is 921. The highest BCUT2D eigenvalue weighted by Crippen LogP contribution is 2.36. The molecule has 0 unspecified atom stereocenters. The fraction of sp³-hybridized carbons (Fsp3) is 0.625. The lowest BCUT2D eigenvalue weighted by atomic mass is 9.93. The standard InChI is InChI=1S/C24H32N4O5/c1-26-10-12-27(13-11-26)17-6-4-16(5-7-17)22(31)25-24(8-2-3-9-24)23(32)28-14-18(29)21-20(28)19(30)15-33-21/h4-7,18,20-21,29H,2-3,8-15H2,1H3,(H,25,31)/t18-,20+,21+/m0/s1. The van der Waals surface area contributed by atoms with Crippen molar-refractivity contribution < 1.29 is 24.2 Å². The fourth-order valence-electron chi connectivity index (χ4n) is 5.66. The number of Topliss-reactive ketones (excluding diaryl/α,β-unsaturated/α-hetero) is 1. The average Bonchev–Trinajstić information content (AvgIpc) is 3.53. The Hall–Kier alpha value is -2.49. The second-order valence-corrected chi connectivity index (χ2v) is 9.79. The van der Waals surface area contributed by atoms with Crippen LogP contribution in [0.3, 0.4) is 0 Å². The number of fused-ring (bicyclic) bond motifs is 1. The van der Waals surface area contributed by atoms with Crippen molar-refractivity contribution in [1.82, 2.24) is 15.1 Å². The third-order valence-electron chi connectivity index (χ3n) is 7.64. The quantitative estimate of drug-likeness (QED) is 0.659. The van der Waals surface area contributed by atoms with Crippen LogP contribution in [-0.2, 0) is 14.3 Å². The van der Waals surface area contributed by atoms with E-state index in [1.54, 1.807) is 12.1 Å². The smallest absolute Gasteiger partial charge is 0.252 e. The molecule has 0 radical (unpaired) electrons. The number of β-amino-alcohol motifs (C(OH)–C–C–N with tert-alkyl or cyclic N) is 1. The van der Waals surface area contributed by atoms with E-state index in [1.165, 1.54) is 4.90 Å². The summed E-state index contributed by atoms with van der Waals surface area (Å²) in [5, 5.41) is 13.3. The Labute approximate surface area is 193 Å². The van der Waals surface area contributed by atoms with Crippen molar-refractivity contribution in [2.45, 2.75) is 49.5 Å². The van der Waals surface area contributed by atoms with Crippen LogP contribution in [-0.4, -0.2) is 103 Å². The molecule has 178 valence electrons.